The molecule has 0 aromatic rings. The van der Waals surface area contributed by atoms with E-state index in [2.05, 4.69) is 5.32 Å². The molecule has 3 amide bonds. The maximum Gasteiger partial charge on any atom is 0.317 e. The van der Waals surface area contributed by atoms with Gasteiger partial charge in [-0.3, -0.25) is 4.79 Å². The van der Waals surface area contributed by atoms with Gasteiger partial charge in [-0.25, -0.2) is 4.79 Å². The summed E-state index contributed by atoms with van der Waals surface area (Å²) in [6.07, 6.45) is 0. The summed E-state index contributed by atoms with van der Waals surface area (Å²) in [5.41, 5.74) is 5.06. The molecular weight excluding hydrogens is 170 g/mol. The molecule has 0 atom stereocenters. The van der Waals surface area contributed by atoms with Gasteiger partial charge in [0.1, 0.15) is 0 Å². The van der Waals surface area contributed by atoms with Crippen LogP contribution in [0, 0.1) is 5.92 Å². The van der Waals surface area contributed by atoms with Gasteiger partial charge in [0, 0.05) is 19.1 Å². The van der Waals surface area contributed by atoms with E-state index in [0.29, 0.717) is 13.1 Å². The lowest BCUT2D eigenvalue weighted by Crippen LogP contribution is -2.58. The lowest BCUT2D eigenvalue weighted by atomic mass is 10.0. The first-order valence-corrected chi connectivity index (χ1v) is 4.35. The summed E-state index contributed by atoms with van der Waals surface area (Å²) in [5.74, 6) is -0.480. The van der Waals surface area contributed by atoms with Crippen LogP contribution in [0.1, 0.15) is 13.8 Å². The van der Waals surface area contributed by atoms with Crippen LogP contribution in [0.4, 0.5) is 4.79 Å². The summed E-state index contributed by atoms with van der Waals surface area (Å²) < 4.78 is 0. The second kappa shape index (κ2) is 3.64. The number of carbonyl (C=O) groups excluding carboxylic acids is 2. The van der Waals surface area contributed by atoms with E-state index >= 15 is 0 Å². The Kier molecular flexibility index (Phi) is 2.75. The molecule has 0 saturated carbocycles. The average molecular weight is 185 g/mol. The van der Waals surface area contributed by atoms with Crippen molar-refractivity contribution >= 4 is 11.9 Å². The molecule has 0 aromatic heterocycles. The number of nitrogens with one attached hydrogen (secondary N) is 1. The molecule has 1 heterocycles. The lowest BCUT2D eigenvalue weighted by molar-refractivity contribution is -0.125. The third-order valence-electron chi connectivity index (χ3n) is 1.98. The van der Waals surface area contributed by atoms with Gasteiger partial charge in [-0.2, -0.15) is 0 Å². The lowest BCUT2D eigenvalue weighted by Gasteiger charge is -2.37. The van der Waals surface area contributed by atoms with Crippen molar-refractivity contribution in [1.29, 1.82) is 0 Å². The number of primary amides is 1. The Hall–Kier alpha value is -1.26. The van der Waals surface area contributed by atoms with Crippen molar-refractivity contribution in [3.63, 3.8) is 0 Å². The molecule has 74 valence electrons. The molecule has 1 fully saturated rings. The molecule has 13 heavy (non-hydrogen) atoms. The number of urea groups is 1. The minimum absolute atomic E-state index is 0.118. The highest BCUT2D eigenvalue weighted by atomic mass is 16.2. The molecule has 1 aliphatic heterocycles. The van der Waals surface area contributed by atoms with Crippen molar-refractivity contribution in [2.75, 3.05) is 13.1 Å². The van der Waals surface area contributed by atoms with Crippen LogP contribution < -0.4 is 11.1 Å². The smallest absolute Gasteiger partial charge is 0.317 e. The highest BCUT2D eigenvalue weighted by Crippen LogP contribution is 2.14. The summed E-state index contributed by atoms with van der Waals surface area (Å²) in [6, 6.07) is 0.00706. The number of hydrogen-bond donors (Lipinski definition) is 2. The van der Waals surface area contributed by atoms with Crippen LogP contribution in [0.3, 0.4) is 0 Å². The zero-order chi connectivity index (χ0) is 10.0. The fourth-order valence-electron chi connectivity index (χ4n) is 1.16. The second-order valence-corrected chi connectivity index (χ2v) is 3.61. The number of nitrogens with zero attached hydrogens (tertiary/aromatic N) is 1. The average Bonchev–Trinajstić information content (AvgIpc) is 1.79. The summed E-state index contributed by atoms with van der Waals surface area (Å²) in [4.78, 5) is 23.5. The highest BCUT2D eigenvalue weighted by molar-refractivity contribution is 5.82. The van der Waals surface area contributed by atoms with E-state index in [4.69, 9.17) is 5.73 Å². The minimum atomic E-state index is -0.325. The van der Waals surface area contributed by atoms with E-state index in [9.17, 15) is 9.59 Å². The molecule has 0 aliphatic carbocycles. The normalized spacial score (nSPS) is 17.0. The molecule has 3 N–H and O–H groups in total. The molecule has 1 saturated heterocycles. The van der Waals surface area contributed by atoms with Crippen molar-refractivity contribution in [2.45, 2.75) is 19.9 Å². The highest BCUT2D eigenvalue weighted by Gasteiger charge is 2.34. The number of hydrogen-bond acceptors (Lipinski definition) is 2. The Morgan fingerprint density at radius 3 is 2.38 bits per heavy atom. The molecular formula is C8H15N3O2. The van der Waals surface area contributed by atoms with Crippen LogP contribution in [0.25, 0.3) is 0 Å². The fraction of sp³-hybridized carbons (Fsp3) is 0.750. The number of amides is 3. The summed E-state index contributed by atoms with van der Waals surface area (Å²) in [7, 11) is 0. The maximum absolute atomic E-state index is 11.3. The van der Waals surface area contributed by atoms with E-state index < -0.39 is 0 Å². The van der Waals surface area contributed by atoms with Gasteiger partial charge in [0.2, 0.25) is 5.91 Å². The quantitative estimate of drug-likeness (QED) is 0.609. The van der Waals surface area contributed by atoms with Crippen LogP contribution >= 0.6 is 0 Å². The Labute approximate surface area is 77.3 Å². The first-order chi connectivity index (χ1) is 6.00. The summed E-state index contributed by atoms with van der Waals surface area (Å²) in [5, 5.41) is 2.74. The molecule has 0 unspecified atom stereocenters. The van der Waals surface area contributed by atoms with Crippen molar-refractivity contribution in [3.8, 4) is 0 Å². The molecule has 1 aliphatic rings. The number of likely N-dealkylation sites (tertiary alicyclic amines) is 1. The molecule has 5 heteroatoms. The second-order valence-electron chi connectivity index (χ2n) is 3.61. The SMILES string of the molecule is CC(C)NC(=O)N1CC(C(N)=O)C1. The monoisotopic (exact) mass is 185 g/mol. The Morgan fingerprint density at radius 1 is 1.46 bits per heavy atom. The Bertz CT molecular complexity index is 221. The zero-order valence-electron chi connectivity index (χ0n) is 7.91. The van der Waals surface area contributed by atoms with Crippen molar-refractivity contribution in [3.05, 3.63) is 0 Å². The molecule has 1 rings (SSSR count). The molecule has 0 bridgehead atoms. The van der Waals surface area contributed by atoms with Gasteiger partial charge in [-0.15, -0.1) is 0 Å². The summed E-state index contributed by atoms with van der Waals surface area (Å²) >= 11 is 0. The number of carbonyl (C=O) groups is 2. The fourth-order valence-corrected chi connectivity index (χ4v) is 1.16. The van der Waals surface area contributed by atoms with Gasteiger partial charge >= 0.3 is 6.03 Å². The first-order valence-electron chi connectivity index (χ1n) is 4.35. The molecule has 0 radical (unpaired) electrons. The van der Waals surface area contributed by atoms with Gasteiger partial charge in [-0.05, 0) is 13.8 Å². The largest absolute Gasteiger partial charge is 0.369 e. The van der Waals surface area contributed by atoms with Crippen LogP contribution in [0.2, 0.25) is 0 Å². The molecule has 0 aromatic carbocycles. The Morgan fingerprint density at radius 2 is 2.00 bits per heavy atom. The molecule has 5 nitrogen and oxygen atoms in total. The minimum Gasteiger partial charge on any atom is -0.369 e. The predicted molar refractivity (Wildman–Crippen MR) is 47.9 cm³/mol. The topological polar surface area (TPSA) is 75.4 Å². The summed E-state index contributed by atoms with van der Waals surface area (Å²) in [6.45, 7) is 4.69. The van der Waals surface area contributed by atoms with Gasteiger partial charge in [-0.1, -0.05) is 0 Å². The van der Waals surface area contributed by atoms with E-state index in [-0.39, 0.29) is 23.9 Å². The van der Waals surface area contributed by atoms with Gasteiger partial charge in [0.15, 0.2) is 0 Å². The number of rotatable bonds is 2. The third kappa shape index (κ3) is 2.34. The van der Waals surface area contributed by atoms with Gasteiger partial charge < -0.3 is 16.0 Å². The van der Waals surface area contributed by atoms with Gasteiger partial charge in [0.25, 0.3) is 0 Å². The van der Waals surface area contributed by atoms with Crippen molar-refractivity contribution in [2.24, 2.45) is 11.7 Å². The maximum atomic E-state index is 11.3. The first kappa shape index (κ1) is 9.83. The van der Waals surface area contributed by atoms with Crippen LogP contribution in [-0.2, 0) is 4.79 Å². The van der Waals surface area contributed by atoms with Crippen molar-refractivity contribution < 1.29 is 9.59 Å². The van der Waals surface area contributed by atoms with E-state index in [1.807, 2.05) is 13.8 Å². The zero-order valence-corrected chi connectivity index (χ0v) is 7.91. The van der Waals surface area contributed by atoms with E-state index in [1.54, 1.807) is 4.90 Å². The van der Waals surface area contributed by atoms with Crippen LogP contribution in [0.5, 0.6) is 0 Å². The van der Waals surface area contributed by atoms with Crippen LogP contribution in [0.15, 0.2) is 0 Å². The Balaban J connectivity index is 2.27. The van der Waals surface area contributed by atoms with Gasteiger partial charge in [0.05, 0.1) is 5.92 Å². The van der Waals surface area contributed by atoms with E-state index in [0.717, 1.165) is 0 Å². The predicted octanol–water partition coefficient (Wildman–Crippen LogP) is -0.478. The molecule has 0 spiro atoms. The van der Waals surface area contributed by atoms with E-state index in [1.165, 1.54) is 0 Å². The third-order valence-corrected chi connectivity index (χ3v) is 1.98. The van der Waals surface area contributed by atoms with Crippen molar-refractivity contribution in [1.82, 2.24) is 10.2 Å². The number of nitrogens with two attached hydrogens (primary N) is 1. The standard InChI is InChI=1S/C8H15N3O2/c1-5(2)10-8(13)11-3-6(4-11)7(9)12/h5-6H,3-4H2,1-2H3,(H2,9,12)(H,10,13). The van der Waals surface area contributed by atoms with Crippen LogP contribution in [-0.4, -0.2) is 36.0 Å².